The van der Waals surface area contributed by atoms with Crippen LogP contribution in [0.2, 0.25) is 5.02 Å². The zero-order chi connectivity index (χ0) is 13.6. The summed E-state index contributed by atoms with van der Waals surface area (Å²) in [6.45, 7) is 1.92. The number of hydrogen-bond donors (Lipinski definition) is 1. The molecule has 5 heteroatoms. The Morgan fingerprint density at radius 3 is 2.90 bits per heavy atom. The molecule has 1 saturated heterocycles. The zero-order valence-corrected chi connectivity index (χ0v) is 12.4. The Kier molecular flexibility index (Phi) is 2.84. The van der Waals surface area contributed by atoms with E-state index in [-0.39, 0.29) is 5.41 Å². The van der Waals surface area contributed by atoms with E-state index in [1.165, 1.54) is 5.56 Å². The van der Waals surface area contributed by atoms with Crippen molar-refractivity contribution in [3.63, 3.8) is 0 Å². The van der Waals surface area contributed by atoms with Gasteiger partial charge in [0.25, 0.3) is 0 Å². The first-order valence-corrected chi connectivity index (χ1v) is 7.89. The molecule has 1 N–H and O–H groups in total. The average molecular weight is 304 g/mol. The highest BCUT2D eigenvalue weighted by molar-refractivity contribution is 7.15. The maximum Gasteiger partial charge on any atom is 0.193 e. The number of aromatic nitrogens is 2. The van der Waals surface area contributed by atoms with Crippen molar-refractivity contribution in [2.75, 3.05) is 13.1 Å². The quantitative estimate of drug-likeness (QED) is 0.805. The fraction of sp³-hybridized carbons (Fsp3) is 0.267. The number of imidazole rings is 1. The lowest BCUT2D eigenvalue weighted by Gasteiger charge is -2.43. The van der Waals surface area contributed by atoms with Crippen LogP contribution in [0, 0.1) is 0 Å². The highest BCUT2D eigenvalue weighted by atomic mass is 35.5. The van der Waals surface area contributed by atoms with Gasteiger partial charge in [0.1, 0.15) is 0 Å². The summed E-state index contributed by atoms with van der Waals surface area (Å²) in [6, 6.07) is 8.16. The second-order valence-corrected chi connectivity index (χ2v) is 6.65. The van der Waals surface area contributed by atoms with Crippen molar-refractivity contribution in [2.24, 2.45) is 0 Å². The molecular weight excluding hydrogens is 290 g/mol. The smallest absolute Gasteiger partial charge is 0.193 e. The van der Waals surface area contributed by atoms with E-state index in [2.05, 4.69) is 39.6 Å². The van der Waals surface area contributed by atoms with E-state index in [9.17, 15) is 0 Å². The molecule has 1 aliphatic rings. The first-order chi connectivity index (χ1) is 9.77. The van der Waals surface area contributed by atoms with E-state index < -0.39 is 0 Å². The number of rotatable bonds is 3. The van der Waals surface area contributed by atoms with Gasteiger partial charge in [0.05, 0.1) is 5.69 Å². The summed E-state index contributed by atoms with van der Waals surface area (Å²) in [4.78, 5) is 5.76. The van der Waals surface area contributed by atoms with E-state index in [0.29, 0.717) is 0 Å². The third-order valence-corrected chi connectivity index (χ3v) is 5.13. The van der Waals surface area contributed by atoms with Gasteiger partial charge in [-0.2, -0.15) is 0 Å². The normalized spacial score (nSPS) is 17.2. The van der Waals surface area contributed by atoms with Crippen LogP contribution in [0.4, 0.5) is 0 Å². The van der Waals surface area contributed by atoms with Crippen molar-refractivity contribution >= 4 is 27.9 Å². The molecule has 0 bridgehead atoms. The topological polar surface area (TPSA) is 29.3 Å². The minimum atomic E-state index is 0.0857. The van der Waals surface area contributed by atoms with Gasteiger partial charge in [0.2, 0.25) is 0 Å². The summed E-state index contributed by atoms with van der Waals surface area (Å²) in [5.41, 5.74) is 2.46. The number of hydrogen-bond acceptors (Lipinski definition) is 3. The predicted octanol–water partition coefficient (Wildman–Crippen LogP) is 3.13. The SMILES string of the molecule is Clc1ccccc1C1(Cc2cn3ccsc3n2)CNC1. The number of halogens is 1. The summed E-state index contributed by atoms with van der Waals surface area (Å²) in [5.74, 6) is 0. The van der Waals surface area contributed by atoms with Crippen molar-refractivity contribution in [3.8, 4) is 0 Å². The van der Waals surface area contributed by atoms with Gasteiger partial charge >= 0.3 is 0 Å². The number of thiazole rings is 1. The third-order valence-electron chi connectivity index (χ3n) is 4.03. The molecule has 3 heterocycles. The van der Waals surface area contributed by atoms with E-state index in [1.807, 2.05) is 12.1 Å². The molecule has 3 aromatic rings. The van der Waals surface area contributed by atoms with Gasteiger partial charge in [-0.25, -0.2) is 4.98 Å². The van der Waals surface area contributed by atoms with Crippen LogP contribution in [0.15, 0.2) is 42.0 Å². The maximum absolute atomic E-state index is 6.39. The average Bonchev–Trinajstić information content (AvgIpc) is 2.95. The first kappa shape index (κ1) is 12.4. The monoisotopic (exact) mass is 303 g/mol. The lowest BCUT2D eigenvalue weighted by Crippen LogP contribution is -2.58. The molecule has 0 amide bonds. The molecule has 0 atom stereocenters. The molecule has 4 rings (SSSR count). The molecule has 1 fully saturated rings. The molecule has 1 aliphatic heterocycles. The maximum atomic E-state index is 6.39. The van der Waals surface area contributed by atoms with Gasteiger partial charge in [-0.05, 0) is 11.6 Å². The highest BCUT2D eigenvalue weighted by Gasteiger charge is 2.40. The lowest BCUT2D eigenvalue weighted by molar-refractivity contribution is 0.273. The summed E-state index contributed by atoms with van der Waals surface area (Å²) >= 11 is 8.06. The minimum absolute atomic E-state index is 0.0857. The number of fused-ring (bicyclic) bond motifs is 1. The second kappa shape index (κ2) is 4.58. The molecular formula is C15H14ClN3S. The molecule has 0 unspecified atom stereocenters. The molecule has 0 spiro atoms. The van der Waals surface area contributed by atoms with Crippen LogP contribution in [0.3, 0.4) is 0 Å². The van der Waals surface area contributed by atoms with Crippen LogP contribution < -0.4 is 5.32 Å². The summed E-state index contributed by atoms with van der Waals surface area (Å²) in [6.07, 6.45) is 5.11. The van der Waals surface area contributed by atoms with Crippen molar-refractivity contribution in [1.29, 1.82) is 0 Å². The van der Waals surface area contributed by atoms with E-state index in [1.54, 1.807) is 11.3 Å². The van der Waals surface area contributed by atoms with Crippen molar-refractivity contribution in [3.05, 3.63) is 58.3 Å². The Hall–Kier alpha value is -1.36. The largest absolute Gasteiger partial charge is 0.315 e. The second-order valence-electron chi connectivity index (χ2n) is 5.37. The molecule has 3 nitrogen and oxygen atoms in total. The van der Waals surface area contributed by atoms with Crippen molar-refractivity contribution < 1.29 is 0 Å². The highest BCUT2D eigenvalue weighted by Crippen LogP contribution is 2.36. The lowest BCUT2D eigenvalue weighted by atomic mass is 9.72. The molecule has 102 valence electrons. The first-order valence-electron chi connectivity index (χ1n) is 6.64. The number of nitrogens with one attached hydrogen (secondary N) is 1. The summed E-state index contributed by atoms with van der Waals surface area (Å²) < 4.78 is 2.09. The Bertz CT molecular complexity index is 729. The van der Waals surface area contributed by atoms with Crippen LogP contribution >= 0.6 is 22.9 Å². The van der Waals surface area contributed by atoms with Crippen LogP contribution in [-0.4, -0.2) is 22.5 Å². The fourth-order valence-electron chi connectivity index (χ4n) is 2.94. The van der Waals surface area contributed by atoms with Gasteiger partial charge in [-0.3, -0.25) is 4.40 Å². The van der Waals surface area contributed by atoms with Crippen LogP contribution in [-0.2, 0) is 11.8 Å². The molecule has 20 heavy (non-hydrogen) atoms. The van der Waals surface area contributed by atoms with Crippen molar-refractivity contribution in [1.82, 2.24) is 14.7 Å². The third kappa shape index (κ3) is 1.87. The Morgan fingerprint density at radius 2 is 2.20 bits per heavy atom. The minimum Gasteiger partial charge on any atom is -0.315 e. The molecule has 2 aromatic heterocycles. The van der Waals surface area contributed by atoms with Gasteiger partial charge in [-0.15, -0.1) is 11.3 Å². The summed E-state index contributed by atoms with van der Waals surface area (Å²) in [5, 5.41) is 6.30. The fourth-order valence-corrected chi connectivity index (χ4v) is 3.99. The van der Waals surface area contributed by atoms with Gasteiger partial charge in [0.15, 0.2) is 4.96 Å². The standard InChI is InChI=1S/C15H14ClN3S/c16-13-4-2-1-3-12(13)15(9-17-10-15)7-11-8-19-5-6-20-14(19)18-11/h1-6,8,17H,7,9-10H2. The van der Waals surface area contributed by atoms with E-state index in [0.717, 1.165) is 35.2 Å². The van der Waals surface area contributed by atoms with Crippen LogP contribution in [0.5, 0.6) is 0 Å². The Morgan fingerprint density at radius 1 is 1.35 bits per heavy atom. The Balaban J connectivity index is 1.71. The predicted molar refractivity (Wildman–Crippen MR) is 82.8 cm³/mol. The van der Waals surface area contributed by atoms with E-state index >= 15 is 0 Å². The summed E-state index contributed by atoms with van der Waals surface area (Å²) in [7, 11) is 0. The zero-order valence-electron chi connectivity index (χ0n) is 10.8. The molecule has 0 aliphatic carbocycles. The molecule has 0 saturated carbocycles. The number of benzene rings is 1. The Labute approximate surface area is 126 Å². The van der Waals surface area contributed by atoms with Gasteiger partial charge in [0, 0.05) is 47.7 Å². The van der Waals surface area contributed by atoms with Crippen LogP contribution in [0.25, 0.3) is 4.96 Å². The van der Waals surface area contributed by atoms with Gasteiger partial charge < -0.3 is 5.32 Å². The van der Waals surface area contributed by atoms with Crippen LogP contribution in [0.1, 0.15) is 11.3 Å². The molecule has 0 radical (unpaired) electrons. The number of nitrogens with zero attached hydrogens (tertiary/aromatic N) is 2. The van der Waals surface area contributed by atoms with Crippen molar-refractivity contribution in [2.45, 2.75) is 11.8 Å². The van der Waals surface area contributed by atoms with E-state index in [4.69, 9.17) is 16.6 Å². The molecule has 1 aromatic carbocycles. The van der Waals surface area contributed by atoms with Gasteiger partial charge in [-0.1, -0.05) is 29.8 Å².